The third-order valence-electron chi connectivity index (χ3n) is 5.70. The number of carbonyl (C=O) groups excluding carboxylic acids is 3. The van der Waals surface area contributed by atoms with E-state index >= 15 is 0 Å². The zero-order chi connectivity index (χ0) is 25.9. The number of benzene rings is 1. The Hall–Kier alpha value is -4.14. The van der Waals surface area contributed by atoms with E-state index < -0.39 is 17.7 Å². The first-order valence-corrected chi connectivity index (χ1v) is 11.8. The number of fused-ring (bicyclic) bond motifs is 2. The molecule has 9 nitrogen and oxygen atoms in total. The fourth-order valence-corrected chi connectivity index (χ4v) is 3.93. The summed E-state index contributed by atoms with van der Waals surface area (Å²) in [5.74, 6) is -0.0648. The molecule has 1 aliphatic heterocycles. The fourth-order valence-electron chi connectivity index (χ4n) is 3.93. The third kappa shape index (κ3) is 6.10. The average molecular weight is 491 g/mol. The Morgan fingerprint density at radius 3 is 2.86 bits per heavy atom. The quantitative estimate of drug-likeness (QED) is 0.516. The molecule has 0 fully saturated rings. The molecule has 2 aromatic heterocycles. The Morgan fingerprint density at radius 2 is 2.08 bits per heavy atom. The molecular weight excluding hydrogens is 460 g/mol. The first-order valence-electron chi connectivity index (χ1n) is 11.8. The molecule has 0 radical (unpaired) electrons. The van der Waals surface area contributed by atoms with Crippen molar-refractivity contribution >= 4 is 40.8 Å². The Bertz CT molecular complexity index is 1320. The minimum atomic E-state index is -0.734. The number of carbonyl (C=O) groups is 3. The van der Waals surface area contributed by atoms with Gasteiger partial charge in [0.2, 0.25) is 11.8 Å². The minimum absolute atomic E-state index is 0.162. The molecule has 3 aromatic rings. The van der Waals surface area contributed by atoms with Crippen LogP contribution in [-0.4, -0.2) is 46.5 Å². The van der Waals surface area contributed by atoms with Crippen molar-refractivity contribution in [1.82, 2.24) is 15.2 Å². The van der Waals surface area contributed by atoms with E-state index in [2.05, 4.69) is 15.6 Å². The third-order valence-corrected chi connectivity index (χ3v) is 5.70. The van der Waals surface area contributed by atoms with E-state index in [0.29, 0.717) is 25.2 Å². The number of pyridine rings is 1. The van der Waals surface area contributed by atoms with Crippen LogP contribution in [0.4, 0.5) is 10.6 Å². The van der Waals surface area contributed by atoms with Crippen LogP contribution in [0.2, 0.25) is 0 Å². The van der Waals surface area contributed by atoms with Crippen LogP contribution in [0.15, 0.2) is 53.3 Å². The summed E-state index contributed by atoms with van der Waals surface area (Å²) in [6, 6.07) is 8.85. The number of aromatic nitrogens is 1. The van der Waals surface area contributed by atoms with E-state index in [0.717, 1.165) is 27.7 Å². The molecule has 0 saturated heterocycles. The van der Waals surface area contributed by atoms with Crippen molar-refractivity contribution in [1.29, 1.82) is 0 Å². The van der Waals surface area contributed by atoms with E-state index in [1.54, 1.807) is 51.3 Å². The van der Waals surface area contributed by atoms with Gasteiger partial charge in [-0.05, 0) is 62.9 Å². The number of nitrogens with zero attached hydrogens (tertiary/aromatic N) is 2. The van der Waals surface area contributed by atoms with Gasteiger partial charge in [-0.25, -0.2) is 9.78 Å². The highest BCUT2D eigenvalue weighted by atomic mass is 16.6. The Kier molecular flexibility index (Phi) is 7.10. The lowest BCUT2D eigenvalue weighted by molar-refractivity contribution is -0.125. The molecule has 0 unspecified atom stereocenters. The minimum Gasteiger partial charge on any atom is -0.464 e. The highest BCUT2D eigenvalue weighted by molar-refractivity contribution is 5.97. The number of anilines is 1. The van der Waals surface area contributed by atoms with Gasteiger partial charge >= 0.3 is 6.09 Å². The number of hydrogen-bond donors (Lipinski definition) is 2. The molecule has 4 rings (SSSR count). The molecule has 3 heterocycles. The lowest BCUT2D eigenvalue weighted by Gasteiger charge is -2.22. The SMILES string of the molecule is CN(Cc1coc2ccccc12)C(=O)/C=C/c1cnc2c(c1)CC[C@H](NC(=O)OC(C)(C)C)C(=O)N2. The normalized spacial score (nSPS) is 15.8. The van der Waals surface area contributed by atoms with Gasteiger partial charge in [-0.1, -0.05) is 18.2 Å². The Morgan fingerprint density at radius 1 is 1.31 bits per heavy atom. The summed E-state index contributed by atoms with van der Waals surface area (Å²) >= 11 is 0. The molecule has 1 aromatic carbocycles. The molecule has 3 amide bonds. The van der Waals surface area contributed by atoms with Gasteiger partial charge in [0.25, 0.3) is 0 Å². The Balaban J connectivity index is 1.38. The number of para-hydroxylation sites is 1. The van der Waals surface area contributed by atoms with Crippen molar-refractivity contribution in [3.8, 4) is 0 Å². The van der Waals surface area contributed by atoms with Crippen molar-refractivity contribution < 1.29 is 23.5 Å². The second-order valence-electron chi connectivity index (χ2n) is 9.79. The lowest BCUT2D eigenvalue weighted by Crippen LogP contribution is -2.45. The van der Waals surface area contributed by atoms with E-state index in [9.17, 15) is 14.4 Å². The zero-order valence-electron chi connectivity index (χ0n) is 20.8. The lowest BCUT2D eigenvalue weighted by atomic mass is 10.1. The van der Waals surface area contributed by atoms with E-state index in [1.807, 2.05) is 30.3 Å². The van der Waals surface area contributed by atoms with Crippen molar-refractivity contribution in [2.75, 3.05) is 12.4 Å². The summed E-state index contributed by atoms with van der Waals surface area (Å²) in [6.07, 6.45) is 6.73. The van der Waals surface area contributed by atoms with Gasteiger partial charge in [0.1, 0.15) is 23.0 Å². The highest BCUT2D eigenvalue weighted by Crippen LogP contribution is 2.23. The van der Waals surface area contributed by atoms with Crippen LogP contribution in [-0.2, 0) is 27.3 Å². The number of hydrogen-bond acceptors (Lipinski definition) is 6. The summed E-state index contributed by atoms with van der Waals surface area (Å²) < 4.78 is 10.8. The number of amides is 3. The fraction of sp³-hybridized carbons (Fsp3) is 0.333. The van der Waals surface area contributed by atoms with Gasteiger partial charge in [0, 0.05) is 36.8 Å². The van der Waals surface area contributed by atoms with Gasteiger partial charge in [-0.15, -0.1) is 0 Å². The van der Waals surface area contributed by atoms with Crippen molar-refractivity contribution in [2.45, 2.75) is 51.8 Å². The van der Waals surface area contributed by atoms with E-state index in [4.69, 9.17) is 9.15 Å². The first kappa shape index (κ1) is 25.0. The summed E-state index contributed by atoms with van der Waals surface area (Å²) in [4.78, 5) is 43.3. The molecule has 9 heteroatoms. The number of ether oxygens (including phenoxy) is 1. The second kappa shape index (κ2) is 10.2. The highest BCUT2D eigenvalue weighted by Gasteiger charge is 2.28. The summed E-state index contributed by atoms with van der Waals surface area (Å²) in [7, 11) is 1.73. The molecule has 0 aliphatic carbocycles. The second-order valence-corrected chi connectivity index (χ2v) is 9.79. The van der Waals surface area contributed by atoms with Gasteiger partial charge in [-0.3, -0.25) is 9.59 Å². The maximum absolute atomic E-state index is 12.7. The average Bonchev–Trinajstić information content (AvgIpc) is 3.15. The predicted octanol–water partition coefficient (Wildman–Crippen LogP) is 4.28. The maximum Gasteiger partial charge on any atom is 0.408 e. The van der Waals surface area contributed by atoms with Crippen molar-refractivity contribution in [2.24, 2.45) is 0 Å². The molecule has 0 saturated carbocycles. The molecule has 0 bridgehead atoms. The number of alkyl carbamates (subject to hydrolysis) is 1. The van der Waals surface area contributed by atoms with Crippen molar-refractivity contribution in [3.63, 3.8) is 0 Å². The molecule has 1 aliphatic rings. The van der Waals surface area contributed by atoms with Crippen LogP contribution in [0.1, 0.15) is 43.9 Å². The van der Waals surface area contributed by atoms with Gasteiger partial charge in [-0.2, -0.15) is 0 Å². The van der Waals surface area contributed by atoms with Gasteiger partial charge in [0.05, 0.1) is 6.26 Å². The molecule has 36 heavy (non-hydrogen) atoms. The van der Waals surface area contributed by atoms with Crippen LogP contribution in [0.25, 0.3) is 17.0 Å². The van der Waals surface area contributed by atoms with Crippen LogP contribution in [0.5, 0.6) is 0 Å². The largest absolute Gasteiger partial charge is 0.464 e. The molecular formula is C27H30N4O5. The van der Waals surface area contributed by atoms with Crippen LogP contribution >= 0.6 is 0 Å². The number of likely N-dealkylation sites (N-methyl/N-ethyl adjacent to an activating group) is 1. The number of furan rings is 1. The van der Waals surface area contributed by atoms with E-state index in [1.165, 1.54) is 6.08 Å². The van der Waals surface area contributed by atoms with Gasteiger partial charge in [0.15, 0.2) is 0 Å². The summed E-state index contributed by atoms with van der Waals surface area (Å²) in [5, 5.41) is 6.37. The first-order chi connectivity index (χ1) is 17.1. The topological polar surface area (TPSA) is 114 Å². The number of rotatable bonds is 5. The monoisotopic (exact) mass is 490 g/mol. The molecule has 1 atom stereocenters. The Labute approximate surface area is 209 Å². The molecule has 2 N–H and O–H groups in total. The van der Waals surface area contributed by atoms with Crippen LogP contribution in [0, 0.1) is 0 Å². The zero-order valence-corrected chi connectivity index (χ0v) is 20.8. The van der Waals surface area contributed by atoms with Crippen LogP contribution in [0.3, 0.4) is 0 Å². The predicted molar refractivity (Wildman–Crippen MR) is 136 cm³/mol. The van der Waals surface area contributed by atoms with E-state index in [-0.39, 0.29) is 11.8 Å². The number of nitrogens with one attached hydrogen (secondary N) is 2. The van der Waals surface area contributed by atoms with Crippen molar-refractivity contribution in [3.05, 3.63) is 65.6 Å². The smallest absolute Gasteiger partial charge is 0.408 e. The van der Waals surface area contributed by atoms with Crippen LogP contribution < -0.4 is 10.6 Å². The number of aryl methyl sites for hydroxylation is 1. The maximum atomic E-state index is 12.7. The molecule has 188 valence electrons. The van der Waals surface area contributed by atoms with Gasteiger partial charge < -0.3 is 24.7 Å². The summed E-state index contributed by atoms with van der Waals surface area (Å²) in [5.41, 5.74) is 2.62. The molecule has 0 spiro atoms. The standard InChI is InChI=1S/C27H30N4O5/c1-27(2,3)36-26(34)29-21-11-10-18-13-17(14-28-24(18)30-25(21)33)9-12-23(32)31(4)15-19-16-35-22-8-6-5-7-20(19)22/h5-9,12-14,16,21H,10-11,15H2,1-4H3,(H,29,34)(H,28,30,33)/b12-9+/t21-/m0/s1. The summed E-state index contributed by atoms with van der Waals surface area (Å²) in [6.45, 7) is 5.70.